The minimum absolute atomic E-state index is 0.0740. The van der Waals surface area contributed by atoms with Crippen LogP contribution in [0.15, 0.2) is 48.5 Å². The number of nitrogen functional groups attached to an aromatic ring is 1. The number of ether oxygens (including phenoxy) is 1. The van der Waals surface area contributed by atoms with E-state index in [1.54, 1.807) is 35.2 Å². The molecule has 0 bridgehead atoms. The number of amides is 2. The SMILES string of the molecule is Nc1ccccc1C(=O)N1CCN(C(=O)c2ccccc2OC(F)F)CC1. The van der Waals surface area contributed by atoms with E-state index < -0.39 is 12.5 Å². The van der Waals surface area contributed by atoms with E-state index in [2.05, 4.69) is 4.74 Å². The molecule has 1 aliphatic rings. The summed E-state index contributed by atoms with van der Waals surface area (Å²) in [7, 11) is 0. The number of nitrogens with two attached hydrogens (primary N) is 1. The smallest absolute Gasteiger partial charge is 0.387 e. The molecule has 2 aromatic carbocycles. The van der Waals surface area contributed by atoms with Crippen LogP contribution in [0, 0.1) is 0 Å². The molecule has 0 saturated carbocycles. The second-order valence-electron chi connectivity index (χ2n) is 6.05. The van der Waals surface area contributed by atoms with E-state index in [1.807, 2.05) is 0 Å². The number of nitrogens with zero attached hydrogens (tertiary/aromatic N) is 2. The Bertz CT molecular complexity index is 836. The summed E-state index contributed by atoms with van der Waals surface area (Å²) < 4.78 is 29.5. The summed E-state index contributed by atoms with van der Waals surface area (Å²) in [4.78, 5) is 28.4. The molecule has 2 aromatic rings. The summed E-state index contributed by atoms with van der Waals surface area (Å²) in [6, 6.07) is 12.7. The van der Waals surface area contributed by atoms with Crippen LogP contribution in [0.4, 0.5) is 14.5 Å². The first-order valence-corrected chi connectivity index (χ1v) is 8.44. The van der Waals surface area contributed by atoms with E-state index in [4.69, 9.17) is 5.73 Å². The number of piperazine rings is 1. The Hall–Kier alpha value is -3.16. The van der Waals surface area contributed by atoms with Crippen LogP contribution < -0.4 is 10.5 Å². The van der Waals surface area contributed by atoms with Gasteiger partial charge in [0.05, 0.1) is 11.1 Å². The fourth-order valence-corrected chi connectivity index (χ4v) is 2.99. The van der Waals surface area contributed by atoms with Crippen molar-refractivity contribution < 1.29 is 23.1 Å². The van der Waals surface area contributed by atoms with Gasteiger partial charge in [0.15, 0.2) is 0 Å². The molecule has 2 N–H and O–H groups in total. The lowest BCUT2D eigenvalue weighted by molar-refractivity contribution is -0.0503. The van der Waals surface area contributed by atoms with E-state index in [0.717, 1.165) is 0 Å². The van der Waals surface area contributed by atoms with Crippen molar-refractivity contribution in [2.75, 3.05) is 31.9 Å². The van der Waals surface area contributed by atoms with Crippen molar-refractivity contribution in [1.29, 1.82) is 0 Å². The van der Waals surface area contributed by atoms with Crippen LogP contribution in [-0.2, 0) is 0 Å². The third kappa shape index (κ3) is 4.16. The first-order valence-electron chi connectivity index (χ1n) is 8.44. The minimum Gasteiger partial charge on any atom is -0.434 e. The minimum atomic E-state index is -3.01. The molecule has 2 amide bonds. The van der Waals surface area contributed by atoms with Gasteiger partial charge in [-0.05, 0) is 24.3 Å². The molecule has 6 nitrogen and oxygen atoms in total. The number of rotatable bonds is 4. The Morgan fingerprint density at radius 2 is 1.33 bits per heavy atom. The molecule has 0 aliphatic carbocycles. The first-order chi connectivity index (χ1) is 13.0. The quantitative estimate of drug-likeness (QED) is 0.833. The van der Waals surface area contributed by atoms with Crippen molar-refractivity contribution in [1.82, 2.24) is 9.80 Å². The number of benzene rings is 2. The standard InChI is InChI=1S/C19H19F2N3O3/c20-19(21)27-16-8-4-2-6-14(16)18(26)24-11-9-23(10-12-24)17(25)13-5-1-3-7-15(13)22/h1-8,19H,9-12,22H2. The molecule has 1 fully saturated rings. The fourth-order valence-electron chi connectivity index (χ4n) is 2.99. The third-order valence-electron chi connectivity index (χ3n) is 4.38. The number of carbonyl (C=O) groups excluding carboxylic acids is 2. The van der Waals surface area contributed by atoms with Crippen LogP contribution >= 0.6 is 0 Å². The zero-order chi connectivity index (χ0) is 19.4. The van der Waals surface area contributed by atoms with E-state index in [-0.39, 0.29) is 17.2 Å². The molecule has 0 aromatic heterocycles. The molecule has 8 heteroatoms. The molecule has 142 valence electrons. The van der Waals surface area contributed by atoms with Gasteiger partial charge in [0.2, 0.25) is 0 Å². The number of alkyl halides is 2. The Balaban J connectivity index is 1.67. The van der Waals surface area contributed by atoms with Gasteiger partial charge in [0.1, 0.15) is 5.75 Å². The summed E-state index contributed by atoms with van der Waals surface area (Å²) in [5.41, 5.74) is 6.75. The van der Waals surface area contributed by atoms with Crippen molar-refractivity contribution in [3.63, 3.8) is 0 Å². The Kier molecular flexibility index (Phi) is 5.54. The highest BCUT2D eigenvalue weighted by Gasteiger charge is 2.27. The van der Waals surface area contributed by atoms with Gasteiger partial charge < -0.3 is 20.3 Å². The molecule has 0 spiro atoms. The van der Waals surface area contributed by atoms with Gasteiger partial charge in [-0.15, -0.1) is 0 Å². The van der Waals surface area contributed by atoms with Crippen molar-refractivity contribution in [2.24, 2.45) is 0 Å². The van der Waals surface area contributed by atoms with Crippen molar-refractivity contribution in [3.05, 3.63) is 59.7 Å². The average molecular weight is 375 g/mol. The van der Waals surface area contributed by atoms with Gasteiger partial charge in [-0.2, -0.15) is 8.78 Å². The molecular formula is C19H19F2N3O3. The van der Waals surface area contributed by atoms with Gasteiger partial charge >= 0.3 is 6.61 Å². The molecule has 3 rings (SSSR count). The average Bonchev–Trinajstić information content (AvgIpc) is 2.67. The Labute approximate surface area is 155 Å². The molecule has 27 heavy (non-hydrogen) atoms. The molecule has 1 heterocycles. The highest BCUT2D eigenvalue weighted by atomic mass is 19.3. The van der Waals surface area contributed by atoms with Gasteiger partial charge in [-0.1, -0.05) is 24.3 Å². The van der Waals surface area contributed by atoms with E-state index >= 15 is 0 Å². The number of carbonyl (C=O) groups is 2. The number of para-hydroxylation sites is 2. The lowest BCUT2D eigenvalue weighted by Gasteiger charge is -2.35. The zero-order valence-electron chi connectivity index (χ0n) is 14.5. The van der Waals surface area contributed by atoms with Crippen LogP contribution in [0.1, 0.15) is 20.7 Å². The molecule has 1 aliphatic heterocycles. The first kappa shape index (κ1) is 18.6. The maximum atomic E-state index is 12.7. The second kappa shape index (κ2) is 8.03. The second-order valence-corrected chi connectivity index (χ2v) is 6.05. The molecule has 0 atom stereocenters. The summed E-state index contributed by atoms with van der Waals surface area (Å²) in [5, 5.41) is 0. The Morgan fingerprint density at radius 3 is 1.89 bits per heavy atom. The molecule has 1 saturated heterocycles. The zero-order valence-corrected chi connectivity index (χ0v) is 14.5. The predicted molar refractivity (Wildman–Crippen MR) is 95.7 cm³/mol. The maximum absolute atomic E-state index is 12.7. The normalized spacial score (nSPS) is 14.3. The summed E-state index contributed by atoms with van der Waals surface area (Å²) in [6.07, 6.45) is 0. The number of halogens is 2. The lowest BCUT2D eigenvalue weighted by Crippen LogP contribution is -2.50. The number of hydrogen-bond donors (Lipinski definition) is 1. The third-order valence-corrected chi connectivity index (χ3v) is 4.38. The van der Waals surface area contributed by atoms with E-state index in [1.165, 1.54) is 23.1 Å². The van der Waals surface area contributed by atoms with E-state index in [9.17, 15) is 18.4 Å². The maximum Gasteiger partial charge on any atom is 0.387 e. The highest BCUT2D eigenvalue weighted by Crippen LogP contribution is 2.23. The van der Waals surface area contributed by atoms with Crippen LogP contribution in [0.5, 0.6) is 5.75 Å². The summed E-state index contributed by atoms with van der Waals surface area (Å²) in [5.74, 6) is -0.757. The van der Waals surface area contributed by atoms with Crippen molar-refractivity contribution in [2.45, 2.75) is 6.61 Å². The number of hydrogen-bond acceptors (Lipinski definition) is 4. The van der Waals surface area contributed by atoms with Crippen LogP contribution in [0.2, 0.25) is 0 Å². The van der Waals surface area contributed by atoms with Gasteiger partial charge in [0, 0.05) is 31.9 Å². The summed E-state index contributed by atoms with van der Waals surface area (Å²) in [6.45, 7) is -1.77. The fraction of sp³-hybridized carbons (Fsp3) is 0.263. The topological polar surface area (TPSA) is 75.9 Å². The van der Waals surface area contributed by atoms with Crippen LogP contribution in [0.3, 0.4) is 0 Å². The van der Waals surface area contributed by atoms with Gasteiger partial charge in [-0.3, -0.25) is 9.59 Å². The summed E-state index contributed by atoms with van der Waals surface area (Å²) >= 11 is 0. The van der Waals surface area contributed by atoms with Crippen LogP contribution in [-0.4, -0.2) is 54.4 Å². The predicted octanol–water partition coefficient (Wildman–Crippen LogP) is 2.47. The van der Waals surface area contributed by atoms with Gasteiger partial charge in [-0.25, -0.2) is 0 Å². The molecule has 0 radical (unpaired) electrons. The molecular weight excluding hydrogens is 356 g/mol. The van der Waals surface area contributed by atoms with Gasteiger partial charge in [0.25, 0.3) is 11.8 Å². The Morgan fingerprint density at radius 1 is 0.852 bits per heavy atom. The lowest BCUT2D eigenvalue weighted by atomic mass is 10.1. The van der Waals surface area contributed by atoms with E-state index in [0.29, 0.717) is 37.4 Å². The van der Waals surface area contributed by atoms with Crippen molar-refractivity contribution >= 4 is 17.5 Å². The largest absolute Gasteiger partial charge is 0.434 e. The van der Waals surface area contributed by atoms with Crippen LogP contribution in [0.25, 0.3) is 0 Å². The number of anilines is 1. The molecule has 0 unspecified atom stereocenters. The highest BCUT2D eigenvalue weighted by molar-refractivity contribution is 6.00. The monoisotopic (exact) mass is 375 g/mol. The van der Waals surface area contributed by atoms with Crippen molar-refractivity contribution in [3.8, 4) is 5.75 Å².